The molecule has 10 heteroatoms. The molecule has 2 aromatic rings. The van der Waals surface area contributed by atoms with Crippen molar-refractivity contribution in [1.29, 1.82) is 0 Å². The summed E-state index contributed by atoms with van der Waals surface area (Å²) in [5.41, 5.74) is 1.22. The van der Waals surface area contributed by atoms with E-state index in [1.807, 2.05) is 4.90 Å². The number of hydrogen-bond donors (Lipinski definition) is 2. The monoisotopic (exact) mass is 399 g/mol. The molecule has 0 spiro atoms. The van der Waals surface area contributed by atoms with Crippen LogP contribution in [0.5, 0.6) is 0 Å². The van der Waals surface area contributed by atoms with Crippen LogP contribution < -0.4 is 10.2 Å². The molecular formula is C19H21N5O5. The van der Waals surface area contributed by atoms with Crippen LogP contribution in [0.2, 0.25) is 0 Å². The first-order chi connectivity index (χ1) is 14.0. The Bertz CT molecular complexity index is 866. The highest BCUT2D eigenvalue weighted by Gasteiger charge is 2.28. The predicted octanol–water partition coefficient (Wildman–Crippen LogP) is 0.429. The standard InChI is InChI=1S/C19H21N5O5/c25-13-17(21-18(26)14-5-7-20-8-6-14)19(27)23-11-9-22(10-12-23)15-1-3-16(4-2-15)24(28)29/h1-8,17,25H,9-13H2,(H,21,26). The molecule has 0 bridgehead atoms. The molecule has 10 nitrogen and oxygen atoms in total. The number of amides is 2. The van der Waals surface area contributed by atoms with E-state index in [9.17, 15) is 24.8 Å². The lowest BCUT2D eigenvalue weighted by molar-refractivity contribution is -0.384. The van der Waals surface area contributed by atoms with Gasteiger partial charge in [-0.05, 0) is 24.3 Å². The molecule has 1 unspecified atom stereocenters. The first kappa shape index (κ1) is 20.2. The Kier molecular flexibility index (Phi) is 6.35. The second-order valence-electron chi connectivity index (χ2n) is 6.53. The van der Waals surface area contributed by atoms with Gasteiger partial charge < -0.3 is 20.2 Å². The average Bonchev–Trinajstić information content (AvgIpc) is 2.77. The predicted molar refractivity (Wildman–Crippen MR) is 104 cm³/mol. The second kappa shape index (κ2) is 9.11. The molecule has 0 saturated carbocycles. The molecule has 2 N–H and O–H groups in total. The topological polar surface area (TPSA) is 129 Å². The van der Waals surface area contributed by atoms with Crippen molar-refractivity contribution in [3.8, 4) is 0 Å². The minimum atomic E-state index is -1.03. The third-order valence-corrected chi connectivity index (χ3v) is 4.75. The fraction of sp³-hybridized carbons (Fsp3) is 0.316. The molecular weight excluding hydrogens is 378 g/mol. The van der Waals surface area contributed by atoms with Crippen molar-refractivity contribution < 1.29 is 19.6 Å². The van der Waals surface area contributed by atoms with Gasteiger partial charge in [-0.25, -0.2) is 0 Å². The van der Waals surface area contributed by atoms with Crippen molar-refractivity contribution in [2.75, 3.05) is 37.7 Å². The van der Waals surface area contributed by atoms with E-state index in [2.05, 4.69) is 10.3 Å². The summed E-state index contributed by atoms with van der Waals surface area (Å²) in [6, 6.07) is 8.28. The Morgan fingerprint density at radius 3 is 2.28 bits per heavy atom. The van der Waals surface area contributed by atoms with Gasteiger partial charge in [0.2, 0.25) is 5.91 Å². The van der Waals surface area contributed by atoms with Crippen molar-refractivity contribution in [2.45, 2.75) is 6.04 Å². The van der Waals surface area contributed by atoms with Gasteiger partial charge in [-0.3, -0.25) is 24.7 Å². The van der Waals surface area contributed by atoms with Crippen LogP contribution in [0.1, 0.15) is 10.4 Å². The van der Waals surface area contributed by atoms with E-state index in [1.54, 1.807) is 17.0 Å². The summed E-state index contributed by atoms with van der Waals surface area (Å²) < 4.78 is 0. The number of non-ortho nitro benzene ring substituents is 1. The maximum atomic E-state index is 12.7. The molecule has 0 radical (unpaired) electrons. The van der Waals surface area contributed by atoms with Crippen LogP contribution in [0, 0.1) is 10.1 Å². The Balaban J connectivity index is 1.56. The van der Waals surface area contributed by atoms with Crippen LogP contribution in [0.25, 0.3) is 0 Å². The molecule has 29 heavy (non-hydrogen) atoms. The molecule has 1 aliphatic heterocycles. The summed E-state index contributed by atoms with van der Waals surface area (Å²) >= 11 is 0. The number of hydrogen-bond acceptors (Lipinski definition) is 7. The maximum absolute atomic E-state index is 12.7. The molecule has 1 aromatic heterocycles. The smallest absolute Gasteiger partial charge is 0.269 e. The van der Waals surface area contributed by atoms with Crippen molar-refractivity contribution >= 4 is 23.2 Å². The van der Waals surface area contributed by atoms with Gasteiger partial charge in [0.15, 0.2) is 0 Å². The zero-order valence-corrected chi connectivity index (χ0v) is 15.6. The van der Waals surface area contributed by atoms with Crippen molar-refractivity contribution in [1.82, 2.24) is 15.2 Å². The molecule has 3 rings (SSSR count). The highest BCUT2D eigenvalue weighted by Crippen LogP contribution is 2.20. The fourth-order valence-corrected chi connectivity index (χ4v) is 3.12. The number of rotatable bonds is 6. The van der Waals surface area contributed by atoms with Gasteiger partial charge in [-0.1, -0.05) is 0 Å². The van der Waals surface area contributed by atoms with Crippen molar-refractivity contribution in [2.24, 2.45) is 0 Å². The van der Waals surface area contributed by atoms with Crippen molar-refractivity contribution in [3.05, 3.63) is 64.5 Å². The summed E-state index contributed by atoms with van der Waals surface area (Å²) in [6.07, 6.45) is 2.95. The highest BCUT2D eigenvalue weighted by atomic mass is 16.6. The average molecular weight is 399 g/mol. The lowest BCUT2D eigenvalue weighted by Gasteiger charge is -2.37. The maximum Gasteiger partial charge on any atom is 0.269 e. The van der Waals surface area contributed by atoms with Gasteiger partial charge in [0, 0.05) is 62.0 Å². The number of pyridine rings is 1. The van der Waals surface area contributed by atoms with E-state index in [4.69, 9.17) is 0 Å². The number of carbonyl (C=O) groups is 2. The zero-order valence-electron chi connectivity index (χ0n) is 15.6. The first-order valence-electron chi connectivity index (χ1n) is 9.09. The SMILES string of the molecule is O=C(NC(CO)C(=O)N1CCN(c2ccc([N+](=O)[O-])cc2)CC1)c1ccncc1. The number of piperazine rings is 1. The van der Waals surface area contributed by atoms with E-state index in [1.165, 1.54) is 36.7 Å². The Morgan fingerprint density at radius 1 is 1.10 bits per heavy atom. The molecule has 1 aliphatic rings. The first-order valence-corrected chi connectivity index (χ1v) is 9.09. The Labute approximate surface area is 166 Å². The van der Waals surface area contributed by atoms with Gasteiger partial charge in [0.05, 0.1) is 11.5 Å². The van der Waals surface area contributed by atoms with Crippen LogP contribution in [0.4, 0.5) is 11.4 Å². The van der Waals surface area contributed by atoms with Crippen LogP contribution >= 0.6 is 0 Å². The third-order valence-electron chi connectivity index (χ3n) is 4.75. The van der Waals surface area contributed by atoms with Gasteiger partial charge in [-0.2, -0.15) is 0 Å². The minimum Gasteiger partial charge on any atom is -0.394 e. The summed E-state index contributed by atoms with van der Waals surface area (Å²) in [6.45, 7) is 1.41. The summed E-state index contributed by atoms with van der Waals surface area (Å²) in [5, 5.41) is 22.9. The van der Waals surface area contributed by atoms with Gasteiger partial charge in [0.25, 0.3) is 11.6 Å². The van der Waals surface area contributed by atoms with Crippen LogP contribution in [0.15, 0.2) is 48.8 Å². The second-order valence-corrected chi connectivity index (χ2v) is 6.53. The number of nitro benzene ring substituents is 1. The van der Waals surface area contributed by atoms with E-state index in [-0.39, 0.29) is 11.6 Å². The molecule has 1 aromatic carbocycles. The molecule has 1 fully saturated rings. The zero-order chi connectivity index (χ0) is 20.8. The van der Waals surface area contributed by atoms with Crippen molar-refractivity contribution in [3.63, 3.8) is 0 Å². The van der Waals surface area contributed by atoms with Gasteiger partial charge in [-0.15, -0.1) is 0 Å². The van der Waals surface area contributed by atoms with Crippen LogP contribution in [-0.2, 0) is 4.79 Å². The highest BCUT2D eigenvalue weighted by molar-refractivity contribution is 5.97. The molecule has 1 saturated heterocycles. The van der Waals surface area contributed by atoms with E-state index >= 15 is 0 Å². The molecule has 2 heterocycles. The number of anilines is 1. The number of nitrogens with zero attached hydrogens (tertiary/aromatic N) is 4. The quantitative estimate of drug-likeness (QED) is 0.532. The number of benzene rings is 1. The van der Waals surface area contributed by atoms with Crippen LogP contribution in [-0.4, -0.2) is 70.6 Å². The summed E-state index contributed by atoms with van der Waals surface area (Å²) in [7, 11) is 0. The normalized spacial score (nSPS) is 14.9. The number of aromatic nitrogens is 1. The largest absolute Gasteiger partial charge is 0.394 e. The molecule has 2 amide bonds. The van der Waals surface area contributed by atoms with Crippen LogP contribution in [0.3, 0.4) is 0 Å². The number of aliphatic hydroxyl groups is 1. The third kappa shape index (κ3) is 4.85. The summed E-state index contributed by atoms with van der Waals surface area (Å²) in [4.78, 5) is 42.7. The van der Waals surface area contributed by atoms with E-state index in [0.717, 1.165) is 5.69 Å². The minimum absolute atomic E-state index is 0.0262. The van der Waals surface area contributed by atoms with Gasteiger partial charge >= 0.3 is 0 Å². The molecule has 152 valence electrons. The lowest BCUT2D eigenvalue weighted by Crippen LogP contribution is -2.56. The Hall–Kier alpha value is -3.53. The molecule has 0 aliphatic carbocycles. The molecule has 1 atom stereocenters. The summed E-state index contributed by atoms with van der Waals surface area (Å²) in [5.74, 6) is -0.803. The number of carbonyl (C=O) groups excluding carboxylic acids is 2. The fourth-order valence-electron chi connectivity index (χ4n) is 3.12. The van der Waals surface area contributed by atoms with Gasteiger partial charge in [0.1, 0.15) is 6.04 Å². The number of nitro groups is 1. The Morgan fingerprint density at radius 2 is 1.72 bits per heavy atom. The number of nitrogens with one attached hydrogen (secondary N) is 1. The lowest BCUT2D eigenvalue weighted by atomic mass is 10.2. The number of aliphatic hydroxyl groups excluding tert-OH is 1. The van der Waals surface area contributed by atoms with E-state index < -0.39 is 23.5 Å². The van der Waals surface area contributed by atoms with E-state index in [0.29, 0.717) is 31.7 Å².